The maximum Gasteiger partial charge on any atom is 0.0717 e. The first kappa shape index (κ1) is 15.9. The van der Waals surface area contributed by atoms with Gasteiger partial charge < -0.3 is 4.74 Å². The van der Waals surface area contributed by atoms with Crippen LogP contribution in [0, 0.1) is 0 Å². The zero-order chi connectivity index (χ0) is 15.9. The molecule has 0 atom stereocenters. The first-order valence-electron chi connectivity index (χ1n) is 7.95. The van der Waals surface area contributed by atoms with E-state index < -0.39 is 10.9 Å². The smallest absolute Gasteiger partial charge is 0.0717 e. The van der Waals surface area contributed by atoms with Crippen molar-refractivity contribution in [2.24, 2.45) is 0 Å². The molecule has 3 rings (SSSR count). The quantitative estimate of drug-likeness (QED) is 0.573. The molecular weight excluding hydrogens is 300 g/mol. The van der Waals surface area contributed by atoms with Crippen LogP contribution in [0.2, 0.25) is 0 Å². The van der Waals surface area contributed by atoms with Crippen molar-refractivity contribution in [1.29, 1.82) is 0 Å². The number of hydrogen-bond donors (Lipinski definition) is 1. The van der Waals surface area contributed by atoms with Gasteiger partial charge >= 0.3 is 0 Å². The van der Waals surface area contributed by atoms with E-state index in [2.05, 4.69) is 84.9 Å². The molecule has 0 N–H and O–H groups in total. The molecule has 0 amide bonds. The van der Waals surface area contributed by atoms with Crippen molar-refractivity contribution in [3.63, 3.8) is 0 Å². The largest absolute Gasteiger partial charge is 0.377 e. The first-order chi connectivity index (χ1) is 11.4. The van der Waals surface area contributed by atoms with E-state index in [0.717, 1.165) is 6.61 Å². The molecule has 0 saturated heterocycles. The SMILES string of the molecule is CCOCc1cccc([SH](c2ccccc2)c2ccccc2)c1. The monoisotopic (exact) mass is 322 g/mol. The molecule has 23 heavy (non-hydrogen) atoms. The van der Waals surface area contributed by atoms with Gasteiger partial charge in [0.25, 0.3) is 0 Å². The van der Waals surface area contributed by atoms with Gasteiger partial charge in [-0.3, -0.25) is 0 Å². The number of ether oxygens (including phenoxy) is 1. The molecule has 0 heterocycles. The lowest BCUT2D eigenvalue weighted by atomic mass is 10.2. The van der Waals surface area contributed by atoms with Crippen molar-refractivity contribution in [1.82, 2.24) is 0 Å². The molecule has 3 aromatic carbocycles. The Kier molecular flexibility index (Phi) is 5.51. The Labute approximate surface area is 141 Å². The van der Waals surface area contributed by atoms with Crippen LogP contribution < -0.4 is 0 Å². The van der Waals surface area contributed by atoms with E-state index in [1.165, 1.54) is 20.2 Å². The summed E-state index contributed by atoms with van der Waals surface area (Å²) in [6.07, 6.45) is 0. The zero-order valence-corrected chi connectivity index (χ0v) is 14.2. The molecule has 0 fully saturated rings. The molecule has 1 nitrogen and oxygen atoms in total. The molecular formula is C21H22OS. The average Bonchev–Trinajstić information content (AvgIpc) is 2.62. The molecule has 118 valence electrons. The Morgan fingerprint density at radius 3 is 1.83 bits per heavy atom. The first-order valence-corrected chi connectivity index (χ1v) is 9.29. The summed E-state index contributed by atoms with van der Waals surface area (Å²) >= 11 is 0. The Hall–Kier alpha value is -2.03. The van der Waals surface area contributed by atoms with Crippen LogP contribution in [0.5, 0.6) is 0 Å². The van der Waals surface area contributed by atoms with Gasteiger partial charge in [-0.1, -0.05) is 48.5 Å². The van der Waals surface area contributed by atoms with Crippen LogP contribution >= 0.6 is 10.9 Å². The molecule has 0 aliphatic heterocycles. The molecule has 0 spiro atoms. The van der Waals surface area contributed by atoms with Crippen LogP contribution in [-0.4, -0.2) is 6.61 Å². The lowest BCUT2D eigenvalue weighted by Crippen LogP contribution is -1.94. The van der Waals surface area contributed by atoms with Gasteiger partial charge in [0.1, 0.15) is 0 Å². The summed E-state index contributed by atoms with van der Waals surface area (Å²) < 4.78 is 5.57. The predicted octanol–water partition coefficient (Wildman–Crippen LogP) is 5.70. The van der Waals surface area contributed by atoms with Crippen molar-refractivity contribution < 1.29 is 4.74 Å². The summed E-state index contributed by atoms with van der Waals surface area (Å²) in [6.45, 7) is 3.46. The highest BCUT2D eigenvalue weighted by Gasteiger charge is 2.12. The van der Waals surface area contributed by atoms with Gasteiger partial charge in [0.15, 0.2) is 0 Å². The summed E-state index contributed by atoms with van der Waals surface area (Å²) in [5.41, 5.74) is 1.24. The minimum atomic E-state index is -0.533. The highest BCUT2D eigenvalue weighted by Crippen LogP contribution is 2.51. The van der Waals surface area contributed by atoms with Crippen molar-refractivity contribution in [2.45, 2.75) is 28.2 Å². The molecule has 0 unspecified atom stereocenters. The third-order valence-electron chi connectivity index (χ3n) is 3.67. The van der Waals surface area contributed by atoms with Crippen LogP contribution in [0.15, 0.2) is 99.6 Å². The second-order valence-electron chi connectivity index (χ2n) is 5.31. The molecule has 0 aliphatic carbocycles. The van der Waals surface area contributed by atoms with E-state index in [4.69, 9.17) is 4.74 Å². The number of hydrogen-bond acceptors (Lipinski definition) is 1. The fourth-order valence-corrected chi connectivity index (χ4v) is 4.97. The van der Waals surface area contributed by atoms with Crippen molar-refractivity contribution in [3.8, 4) is 0 Å². The van der Waals surface area contributed by atoms with Crippen LogP contribution in [0.25, 0.3) is 0 Å². The van der Waals surface area contributed by atoms with E-state index in [1.54, 1.807) is 0 Å². The lowest BCUT2D eigenvalue weighted by Gasteiger charge is -2.23. The third kappa shape index (κ3) is 4.04. The fraction of sp³-hybridized carbons (Fsp3) is 0.143. The number of rotatable bonds is 6. The minimum Gasteiger partial charge on any atom is -0.377 e. The topological polar surface area (TPSA) is 9.23 Å². The summed E-state index contributed by atoms with van der Waals surface area (Å²) in [6, 6.07) is 30.4. The molecule has 2 heteroatoms. The Morgan fingerprint density at radius 1 is 0.696 bits per heavy atom. The minimum absolute atomic E-state index is 0.533. The predicted molar refractivity (Wildman–Crippen MR) is 98.4 cm³/mol. The highest BCUT2D eigenvalue weighted by atomic mass is 32.2. The van der Waals surface area contributed by atoms with Crippen LogP contribution in [0.4, 0.5) is 0 Å². The standard InChI is InChI=1S/C21H22OS/c1-2-22-17-18-10-9-15-21(16-18)23(19-11-5-3-6-12-19)20-13-7-4-8-14-20/h3-16,23H,2,17H2,1H3. The Balaban J connectivity index is 2.02. The second-order valence-corrected chi connectivity index (χ2v) is 7.53. The summed E-state index contributed by atoms with van der Waals surface area (Å²) in [4.78, 5) is 4.12. The zero-order valence-electron chi connectivity index (χ0n) is 13.4. The van der Waals surface area contributed by atoms with Gasteiger partial charge in [0.05, 0.1) is 6.61 Å². The van der Waals surface area contributed by atoms with Crippen LogP contribution in [0.3, 0.4) is 0 Å². The molecule has 0 aliphatic rings. The van der Waals surface area contributed by atoms with E-state index >= 15 is 0 Å². The highest BCUT2D eigenvalue weighted by molar-refractivity contribution is 8.17. The average molecular weight is 322 g/mol. The Morgan fingerprint density at radius 2 is 1.26 bits per heavy atom. The summed E-state index contributed by atoms with van der Waals surface area (Å²) in [5, 5.41) is 0. The van der Waals surface area contributed by atoms with Gasteiger partial charge in [-0.2, -0.15) is 10.9 Å². The fourth-order valence-electron chi connectivity index (χ4n) is 2.61. The molecule has 0 saturated carbocycles. The molecule has 0 radical (unpaired) electrons. The van der Waals surface area contributed by atoms with Crippen LogP contribution in [-0.2, 0) is 11.3 Å². The second kappa shape index (κ2) is 8.00. The Bertz CT molecular complexity index is 686. The number of benzene rings is 3. The normalized spacial score (nSPS) is 11.3. The maximum absolute atomic E-state index is 5.57. The van der Waals surface area contributed by atoms with E-state index in [1.807, 2.05) is 6.92 Å². The summed E-state index contributed by atoms with van der Waals surface area (Å²) in [7, 11) is -0.533. The van der Waals surface area contributed by atoms with Gasteiger partial charge in [0, 0.05) is 6.61 Å². The van der Waals surface area contributed by atoms with Gasteiger partial charge in [0.2, 0.25) is 0 Å². The van der Waals surface area contributed by atoms with Crippen molar-refractivity contribution in [3.05, 3.63) is 90.5 Å². The van der Waals surface area contributed by atoms with Crippen molar-refractivity contribution >= 4 is 10.9 Å². The maximum atomic E-state index is 5.57. The number of thiol groups is 1. The van der Waals surface area contributed by atoms with E-state index in [-0.39, 0.29) is 0 Å². The van der Waals surface area contributed by atoms with Gasteiger partial charge in [-0.25, -0.2) is 0 Å². The van der Waals surface area contributed by atoms with Gasteiger partial charge in [-0.05, 0) is 63.6 Å². The molecule has 0 bridgehead atoms. The molecule has 0 aromatic heterocycles. The lowest BCUT2D eigenvalue weighted by molar-refractivity contribution is 0.134. The van der Waals surface area contributed by atoms with Gasteiger partial charge in [-0.15, -0.1) is 0 Å². The summed E-state index contributed by atoms with van der Waals surface area (Å²) in [5.74, 6) is 0. The van der Waals surface area contributed by atoms with Crippen LogP contribution in [0.1, 0.15) is 12.5 Å². The van der Waals surface area contributed by atoms with E-state index in [0.29, 0.717) is 6.61 Å². The molecule has 3 aromatic rings. The van der Waals surface area contributed by atoms with Crippen molar-refractivity contribution in [2.75, 3.05) is 6.61 Å². The van der Waals surface area contributed by atoms with E-state index in [9.17, 15) is 0 Å². The third-order valence-corrected chi connectivity index (χ3v) is 6.09.